The zero-order valence-corrected chi connectivity index (χ0v) is 16.9. The van der Waals surface area contributed by atoms with Gasteiger partial charge in [-0.25, -0.2) is 18.6 Å². The second-order valence-electron chi connectivity index (χ2n) is 6.91. The molecule has 31 heavy (non-hydrogen) atoms. The largest absolute Gasteiger partial charge is 0.505 e. The van der Waals surface area contributed by atoms with Gasteiger partial charge in [0.15, 0.2) is 17.2 Å². The lowest BCUT2D eigenvalue weighted by Crippen LogP contribution is -2.07. The predicted molar refractivity (Wildman–Crippen MR) is 112 cm³/mol. The number of pyridine rings is 1. The van der Waals surface area contributed by atoms with Crippen LogP contribution in [0.15, 0.2) is 42.5 Å². The molecule has 0 spiro atoms. The molecule has 0 unspecified atom stereocenters. The van der Waals surface area contributed by atoms with Crippen molar-refractivity contribution in [1.82, 2.24) is 15.2 Å². The minimum atomic E-state index is -1.00. The Morgan fingerprint density at radius 3 is 2.52 bits per heavy atom. The predicted octanol–water partition coefficient (Wildman–Crippen LogP) is 5.01. The average molecular weight is 423 g/mol. The molecule has 0 saturated carbocycles. The molecule has 0 atom stereocenters. The van der Waals surface area contributed by atoms with Crippen LogP contribution in [0.5, 0.6) is 5.75 Å². The van der Waals surface area contributed by atoms with Crippen LogP contribution in [-0.2, 0) is 11.2 Å². The Bertz CT molecular complexity index is 1280. The number of esters is 1. The van der Waals surface area contributed by atoms with E-state index in [-0.39, 0.29) is 29.1 Å². The molecular formula is C23H19F2N3O3. The van der Waals surface area contributed by atoms with Gasteiger partial charge in [-0.1, -0.05) is 31.2 Å². The third-order valence-corrected chi connectivity index (χ3v) is 4.98. The van der Waals surface area contributed by atoms with E-state index in [9.17, 15) is 18.7 Å². The lowest BCUT2D eigenvalue weighted by Gasteiger charge is -2.09. The van der Waals surface area contributed by atoms with Gasteiger partial charge in [-0.3, -0.25) is 5.10 Å². The van der Waals surface area contributed by atoms with Crippen molar-refractivity contribution in [2.75, 3.05) is 6.61 Å². The number of aromatic hydroxyl groups is 1. The number of phenols is 1. The molecular weight excluding hydrogens is 404 g/mol. The topological polar surface area (TPSA) is 88.1 Å². The Morgan fingerprint density at radius 2 is 1.84 bits per heavy atom. The molecule has 2 aromatic carbocycles. The second-order valence-corrected chi connectivity index (χ2v) is 6.91. The molecule has 4 rings (SSSR count). The Labute approximate surface area is 176 Å². The third-order valence-electron chi connectivity index (χ3n) is 4.98. The summed E-state index contributed by atoms with van der Waals surface area (Å²) < 4.78 is 33.5. The third kappa shape index (κ3) is 3.72. The lowest BCUT2D eigenvalue weighted by atomic mass is 10.0. The Kier molecular flexibility index (Phi) is 5.37. The number of nitrogens with one attached hydrogen (secondary N) is 1. The van der Waals surface area contributed by atoms with Gasteiger partial charge in [0.05, 0.1) is 28.9 Å². The summed E-state index contributed by atoms with van der Waals surface area (Å²) in [4.78, 5) is 17.1. The number of nitrogens with zero attached hydrogens (tertiary/aromatic N) is 2. The van der Waals surface area contributed by atoms with Crippen molar-refractivity contribution in [3.63, 3.8) is 0 Å². The number of H-pyrrole nitrogens is 1. The number of aromatic nitrogens is 3. The van der Waals surface area contributed by atoms with E-state index in [0.29, 0.717) is 17.1 Å². The number of hydrogen-bond acceptors (Lipinski definition) is 5. The van der Waals surface area contributed by atoms with E-state index in [2.05, 4.69) is 22.1 Å². The Balaban J connectivity index is 1.95. The summed E-state index contributed by atoms with van der Waals surface area (Å²) in [5.41, 5.74) is 2.58. The molecule has 4 aromatic rings. The molecule has 0 amide bonds. The summed E-state index contributed by atoms with van der Waals surface area (Å²) in [7, 11) is 0. The van der Waals surface area contributed by atoms with Crippen molar-refractivity contribution >= 4 is 17.0 Å². The number of carbonyl (C=O) groups excluding carboxylic acids is 1. The van der Waals surface area contributed by atoms with Crippen molar-refractivity contribution in [1.29, 1.82) is 0 Å². The number of aromatic amines is 1. The molecule has 0 aliphatic heterocycles. The van der Waals surface area contributed by atoms with Gasteiger partial charge in [-0.2, -0.15) is 5.10 Å². The van der Waals surface area contributed by atoms with Crippen molar-refractivity contribution in [2.45, 2.75) is 20.3 Å². The lowest BCUT2D eigenvalue weighted by molar-refractivity contribution is 0.0528. The summed E-state index contributed by atoms with van der Waals surface area (Å²) in [5.74, 6) is -3.34. The highest BCUT2D eigenvalue weighted by Crippen LogP contribution is 2.34. The van der Waals surface area contributed by atoms with E-state index in [1.54, 1.807) is 6.92 Å². The fourth-order valence-corrected chi connectivity index (χ4v) is 3.38. The van der Waals surface area contributed by atoms with Crippen LogP contribution in [0.3, 0.4) is 0 Å². The summed E-state index contributed by atoms with van der Waals surface area (Å²) in [6.45, 7) is 3.86. The summed E-state index contributed by atoms with van der Waals surface area (Å²) in [5, 5.41) is 16.9. The molecule has 2 N–H and O–H groups in total. The number of aryl methyl sites for hydroxylation is 1. The average Bonchev–Trinajstić information content (AvgIpc) is 3.20. The smallest absolute Gasteiger partial charge is 0.339 e. The minimum Gasteiger partial charge on any atom is -0.505 e. The van der Waals surface area contributed by atoms with Gasteiger partial charge in [0.25, 0.3) is 0 Å². The number of phenolic OH excluding ortho intramolecular Hbond substituents is 1. The molecule has 8 heteroatoms. The fourth-order valence-electron chi connectivity index (χ4n) is 3.38. The van der Waals surface area contributed by atoms with Crippen LogP contribution in [0, 0.1) is 11.6 Å². The van der Waals surface area contributed by atoms with Gasteiger partial charge in [0, 0.05) is 17.2 Å². The van der Waals surface area contributed by atoms with Gasteiger partial charge < -0.3 is 9.84 Å². The van der Waals surface area contributed by atoms with Gasteiger partial charge in [-0.05, 0) is 31.0 Å². The maximum absolute atomic E-state index is 14.4. The number of rotatable bonds is 5. The second kappa shape index (κ2) is 8.14. The maximum Gasteiger partial charge on any atom is 0.339 e. The standard InChI is InChI=1S/C23H19F2N3O3/c1-3-12-5-7-13(8-6-12)21-20-15(23(30)31-4-2)10-18(26-22(20)28-27-21)14-9-17(25)19(29)11-16(14)24/h5-11,29H,3-4H2,1-2H3,(H,26,27,28). The van der Waals surface area contributed by atoms with E-state index in [1.165, 1.54) is 6.07 Å². The van der Waals surface area contributed by atoms with Crippen LogP contribution in [0.4, 0.5) is 8.78 Å². The first-order valence-electron chi connectivity index (χ1n) is 9.76. The van der Waals surface area contributed by atoms with Crippen LogP contribution in [-0.4, -0.2) is 32.9 Å². The van der Waals surface area contributed by atoms with Gasteiger partial charge in [0.2, 0.25) is 0 Å². The molecule has 0 radical (unpaired) electrons. The Morgan fingerprint density at radius 1 is 1.10 bits per heavy atom. The van der Waals surface area contributed by atoms with Crippen molar-refractivity contribution in [2.24, 2.45) is 0 Å². The van der Waals surface area contributed by atoms with Crippen molar-refractivity contribution in [3.05, 3.63) is 65.2 Å². The zero-order chi connectivity index (χ0) is 22.1. The molecule has 0 aliphatic carbocycles. The van der Waals surface area contributed by atoms with Gasteiger partial charge >= 0.3 is 5.97 Å². The molecule has 2 heterocycles. The maximum atomic E-state index is 14.4. The molecule has 0 saturated heterocycles. The van der Waals surface area contributed by atoms with Crippen LogP contribution >= 0.6 is 0 Å². The first kappa shape index (κ1) is 20.5. The molecule has 0 aliphatic rings. The van der Waals surface area contributed by atoms with E-state index in [1.807, 2.05) is 24.3 Å². The van der Waals surface area contributed by atoms with Crippen LogP contribution < -0.4 is 0 Å². The summed E-state index contributed by atoms with van der Waals surface area (Å²) in [6.07, 6.45) is 0.887. The highest BCUT2D eigenvalue weighted by atomic mass is 19.1. The number of fused-ring (bicyclic) bond motifs is 1. The van der Waals surface area contributed by atoms with Crippen LogP contribution in [0.25, 0.3) is 33.5 Å². The fraction of sp³-hybridized carbons (Fsp3) is 0.174. The summed E-state index contributed by atoms with van der Waals surface area (Å²) >= 11 is 0. The van der Waals surface area contributed by atoms with Crippen LogP contribution in [0.1, 0.15) is 29.8 Å². The summed E-state index contributed by atoms with van der Waals surface area (Å²) in [6, 6.07) is 10.6. The highest BCUT2D eigenvalue weighted by Gasteiger charge is 2.22. The Hall–Kier alpha value is -3.81. The first-order chi connectivity index (χ1) is 14.9. The van der Waals surface area contributed by atoms with Crippen molar-refractivity contribution < 1.29 is 23.4 Å². The SMILES string of the molecule is CCOC(=O)c1cc(-c2cc(F)c(O)cc2F)nc2n[nH]c(-c3ccc(CC)cc3)c12. The van der Waals surface area contributed by atoms with Crippen molar-refractivity contribution in [3.8, 4) is 28.3 Å². The van der Waals surface area contributed by atoms with Gasteiger partial charge in [0.1, 0.15) is 5.82 Å². The number of benzene rings is 2. The number of ether oxygens (including phenoxy) is 1. The number of carbonyl (C=O) groups is 1. The van der Waals surface area contributed by atoms with Crippen LogP contribution in [0.2, 0.25) is 0 Å². The van der Waals surface area contributed by atoms with E-state index >= 15 is 0 Å². The first-order valence-corrected chi connectivity index (χ1v) is 9.76. The normalized spacial score (nSPS) is 11.1. The quantitative estimate of drug-likeness (QED) is 0.440. The molecule has 158 valence electrons. The van der Waals surface area contributed by atoms with E-state index < -0.39 is 23.4 Å². The molecule has 6 nitrogen and oxygen atoms in total. The molecule has 0 bridgehead atoms. The minimum absolute atomic E-state index is 0.00802. The van der Waals surface area contributed by atoms with Gasteiger partial charge in [-0.15, -0.1) is 0 Å². The number of hydrogen-bond donors (Lipinski definition) is 2. The number of halogens is 2. The molecule has 0 fully saturated rings. The van der Waals surface area contributed by atoms with E-state index in [0.717, 1.165) is 23.6 Å². The molecule has 2 aromatic heterocycles. The zero-order valence-electron chi connectivity index (χ0n) is 16.9. The monoisotopic (exact) mass is 423 g/mol. The van der Waals surface area contributed by atoms with E-state index in [4.69, 9.17) is 4.74 Å². The highest BCUT2D eigenvalue weighted by molar-refractivity contribution is 6.09.